The number of carbonyl (C=O) groups is 2. The lowest BCUT2D eigenvalue weighted by Gasteiger charge is -2.12. The molecule has 0 heterocycles. The van der Waals surface area contributed by atoms with Crippen molar-refractivity contribution >= 4 is 35.0 Å². The van der Waals surface area contributed by atoms with Crippen LogP contribution in [-0.2, 0) is 23.3 Å². The van der Waals surface area contributed by atoms with Gasteiger partial charge in [0.1, 0.15) is 23.0 Å². The van der Waals surface area contributed by atoms with Crippen molar-refractivity contribution < 1.29 is 66.3 Å². The maximum atomic E-state index is 12.2. The first kappa shape index (κ1) is 28.7. The minimum absolute atomic E-state index is 0.0154. The van der Waals surface area contributed by atoms with Gasteiger partial charge in [-0.05, 0) is 48.5 Å². The van der Waals surface area contributed by atoms with E-state index in [0.717, 1.165) is 24.3 Å². The van der Waals surface area contributed by atoms with Crippen molar-refractivity contribution in [1.82, 2.24) is 0 Å². The highest BCUT2D eigenvalue weighted by atomic mass is 31.2. The molecule has 17 heteroatoms. The zero-order valence-electron chi connectivity index (χ0n) is 17.7. The Morgan fingerprint density at radius 2 is 0.857 bits per heavy atom. The maximum absolute atomic E-state index is 12.2. The van der Waals surface area contributed by atoms with E-state index < -0.39 is 60.1 Å². The van der Waals surface area contributed by atoms with Crippen LogP contribution in [0.1, 0.15) is 12.8 Å². The van der Waals surface area contributed by atoms with Crippen LogP contribution in [0.3, 0.4) is 0 Å². The molecule has 0 atom stereocenters. The average Bonchev–Trinajstić information content (AvgIpc) is 2.72. The highest BCUT2D eigenvalue weighted by Crippen LogP contribution is 2.42. The van der Waals surface area contributed by atoms with Gasteiger partial charge in [0.25, 0.3) is 0 Å². The smallest absolute Gasteiger partial charge is 0.427 e. The third-order valence-corrected chi connectivity index (χ3v) is 6.63. The van der Waals surface area contributed by atoms with E-state index in [0.29, 0.717) is 0 Å². The minimum atomic E-state index is -4.73. The molecule has 0 aromatic heterocycles. The van der Waals surface area contributed by atoms with E-state index in [1.54, 1.807) is 0 Å². The molecule has 0 saturated heterocycles. The molecule has 35 heavy (non-hydrogen) atoms. The standard InChI is InChI=1S/C18H21O14P3/c19-17(29-13-1-5-15(6-2-13)31-34(23,24)25)9-11-33(21,22)12-10-18(20)30-14-3-7-16(8-4-14)32-35(26,27)28/h1-8H,9-12H2,(H,21,22)(H2,23,24,25)(H2,26,27,28). The van der Waals surface area contributed by atoms with Crippen LogP contribution < -0.4 is 18.5 Å². The lowest BCUT2D eigenvalue weighted by Crippen LogP contribution is -2.13. The van der Waals surface area contributed by atoms with E-state index in [4.69, 9.17) is 29.0 Å². The van der Waals surface area contributed by atoms with Gasteiger partial charge in [-0.15, -0.1) is 0 Å². The Morgan fingerprint density at radius 3 is 1.14 bits per heavy atom. The van der Waals surface area contributed by atoms with Crippen LogP contribution >= 0.6 is 23.0 Å². The molecular formula is C18H21O14P3. The summed E-state index contributed by atoms with van der Waals surface area (Å²) in [5.74, 6) is -1.97. The predicted octanol–water partition coefficient (Wildman–Crippen LogP) is 2.19. The van der Waals surface area contributed by atoms with Crippen molar-refractivity contribution in [2.45, 2.75) is 12.8 Å². The van der Waals surface area contributed by atoms with E-state index in [9.17, 15) is 28.2 Å². The molecular weight excluding hydrogens is 533 g/mol. The second kappa shape index (κ2) is 11.9. The Labute approximate surface area is 198 Å². The average molecular weight is 554 g/mol. The molecule has 0 unspecified atom stereocenters. The van der Waals surface area contributed by atoms with Crippen LogP contribution in [0, 0.1) is 0 Å². The van der Waals surface area contributed by atoms with Gasteiger partial charge in [-0.1, -0.05) is 0 Å². The van der Waals surface area contributed by atoms with E-state index in [1.165, 1.54) is 24.3 Å². The van der Waals surface area contributed by atoms with Gasteiger partial charge in [-0.25, -0.2) is 9.13 Å². The highest BCUT2D eigenvalue weighted by Gasteiger charge is 2.23. The number of ether oxygens (including phenoxy) is 2. The van der Waals surface area contributed by atoms with Crippen molar-refractivity contribution in [3.8, 4) is 23.0 Å². The summed E-state index contributed by atoms with van der Waals surface area (Å²) in [7, 11) is -13.4. The molecule has 2 aromatic carbocycles. The van der Waals surface area contributed by atoms with E-state index in [2.05, 4.69) is 9.05 Å². The fraction of sp³-hybridized carbons (Fsp3) is 0.222. The van der Waals surface area contributed by atoms with E-state index in [-0.39, 0.29) is 23.0 Å². The first-order chi connectivity index (χ1) is 16.1. The molecule has 14 nitrogen and oxygen atoms in total. The topological polar surface area (TPSA) is 223 Å². The molecule has 0 saturated carbocycles. The van der Waals surface area contributed by atoms with Crippen LogP contribution in [0.5, 0.6) is 23.0 Å². The van der Waals surface area contributed by atoms with Gasteiger partial charge < -0.3 is 23.4 Å². The second-order valence-corrected chi connectivity index (χ2v) is 11.8. The number of hydrogen-bond donors (Lipinski definition) is 5. The number of phosphoric ester groups is 2. The van der Waals surface area contributed by atoms with Gasteiger partial charge in [-0.2, -0.15) is 0 Å². The lowest BCUT2D eigenvalue weighted by molar-refractivity contribution is -0.134. The molecule has 0 radical (unpaired) electrons. The first-order valence-corrected chi connectivity index (χ1v) is 14.6. The van der Waals surface area contributed by atoms with Gasteiger partial charge in [0.2, 0.25) is 7.37 Å². The summed E-state index contributed by atoms with van der Waals surface area (Å²) in [5, 5.41) is 0. The molecule has 0 spiro atoms. The lowest BCUT2D eigenvalue weighted by atomic mass is 10.3. The summed E-state index contributed by atoms with van der Waals surface area (Å²) < 4.78 is 52.4. The van der Waals surface area contributed by atoms with Gasteiger partial charge >= 0.3 is 27.6 Å². The summed E-state index contributed by atoms with van der Waals surface area (Å²) in [6, 6.07) is 9.46. The normalized spacial score (nSPS) is 12.0. The van der Waals surface area contributed by atoms with Crippen LogP contribution in [0.15, 0.2) is 48.5 Å². The molecule has 0 fully saturated rings. The van der Waals surface area contributed by atoms with Crippen molar-refractivity contribution in [3.05, 3.63) is 48.5 Å². The van der Waals surface area contributed by atoms with Crippen molar-refractivity contribution in [2.75, 3.05) is 12.3 Å². The Hall–Kier alpha value is -2.53. The number of esters is 2. The molecule has 192 valence electrons. The molecule has 2 aromatic rings. The molecule has 5 N–H and O–H groups in total. The quantitative estimate of drug-likeness (QED) is 0.144. The molecule has 0 amide bonds. The monoisotopic (exact) mass is 554 g/mol. The number of rotatable bonds is 12. The van der Waals surface area contributed by atoms with Gasteiger partial charge in [0.15, 0.2) is 0 Å². The number of carbonyl (C=O) groups excluding carboxylic acids is 2. The van der Waals surface area contributed by atoms with Gasteiger partial charge in [0, 0.05) is 12.3 Å². The van der Waals surface area contributed by atoms with Crippen molar-refractivity contribution in [1.29, 1.82) is 0 Å². The summed E-state index contributed by atoms with van der Waals surface area (Å²) in [6.07, 6.45) is -1.81. The maximum Gasteiger partial charge on any atom is 0.524 e. The summed E-state index contributed by atoms with van der Waals surface area (Å²) in [4.78, 5) is 68.7. The van der Waals surface area contributed by atoms with E-state index in [1.807, 2.05) is 0 Å². The SMILES string of the molecule is O=C(CCP(=O)(O)CCC(=O)Oc1ccc(OP(=O)(O)O)cc1)Oc1ccc(OP(=O)(O)O)cc1. The van der Waals surface area contributed by atoms with Crippen LogP contribution in [0.2, 0.25) is 0 Å². The first-order valence-electron chi connectivity index (χ1n) is 9.53. The van der Waals surface area contributed by atoms with Gasteiger partial charge in [0.05, 0.1) is 12.8 Å². The Bertz CT molecular complexity index is 1080. The summed E-state index contributed by atoms with van der Waals surface area (Å²) in [5.41, 5.74) is 0. The van der Waals surface area contributed by atoms with Gasteiger partial charge in [-0.3, -0.25) is 33.7 Å². The Kier molecular flexibility index (Phi) is 9.79. The molecule has 0 bridgehead atoms. The van der Waals surface area contributed by atoms with E-state index >= 15 is 0 Å². The van der Waals surface area contributed by atoms with Crippen molar-refractivity contribution in [2.24, 2.45) is 0 Å². The molecule has 0 aliphatic carbocycles. The zero-order chi connectivity index (χ0) is 26.3. The highest BCUT2D eigenvalue weighted by molar-refractivity contribution is 7.58. The number of hydrogen-bond acceptors (Lipinski definition) is 9. The van der Waals surface area contributed by atoms with Crippen LogP contribution in [-0.4, -0.2) is 48.7 Å². The zero-order valence-corrected chi connectivity index (χ0v) is 20.4. The molecule has 0 aliphatic heterocycles. The molecule has 2 rings (SSSR count). The number of benzene rings is 2. The molecule has 0 aliphatic rings. The Balaban J connectivity index is 1.76. The largest absolute Gasteiger partial charge is 0.524 e. The van der Waals surface area contributed by atoms with Crippen LogP contribution in [0.4, 0.5) is 0 Å². The third-order valence-electron chi connectivity index (χ3n) is 3.89. The number of phosphoric acid groups is 2. The summed E-state index contributed by atoms with van der Waals surface area (Å²) in [6.45, 7) is 0. The van der Waals surface area contributed by atoms with Crippen LogP contribution in [0.25, 0.3) is 0 Å². The van der Waals surface area contributed by atoms with Crippen molar-refractivity contribution in [3.63, 3.8) is 0 Å². The Morgan fingerprint density at radius 1 is 0.571 bits per heavy atom. The minimum Gasteiger partial charge on any atom is -0.427 e. The predicted molar refractivity (Wildman–Crippen MR) is 118 cm³/mol. The fourth-order valence-corrected chi connectivity index (χ4v) is 4.50. The summed E-state index contributed by atoms with van der Waals surface area (Å²) >= 11 is 0. The second-order valence-electron chi connectivity index (χ2n) is 6.85. The third kappa shape index (κ3) is 12.1. The fourth-order valence-electron chi connectivity index (χ4n) is 2.42.